The largest absolute Gasteiger partial charge is 0.0975 e. The number of allylic oxidation sites excluding steroid dienone is 4. The SMILES string of the molecule is C/C1=C(c2ccc3ccccc3c2)\C=C(\c2ccc3ccccc3c2)S/C=C(\C)CC1. The van der Waals surface area contributed by atoms with E-state index in [1.807, 2.05) is 11.8 Å². The van der Waals surface area contributed by atoms with E-state index in [-0.39, 0.29) is 0 Å². The zero-order valence-electron chi connectivity index (χ0n) is 18.1. The highest BCUT2D eigenvalue weighted by Crippen LogP contribution is 2.38. The summed E-state index contributed by atoms with van der Waals surface area (Å²) in [6.07, 6.45) is 4.60. The van der Waals surface area contributed by atoms with Crippen molar-refractivity contribution in [2.75, 3.05) is 0 Å². The third-order valence-electron chi connectivity index (χ3n) is 6.11. The van der Waals surface area contributed by atoms with Crippen molar-refractivity contribution in [3.05, 3.63) is 119 Å². The Balaban J connectivity index is 1.67. The smallest absolute Gasteiger partial charge is 0.0195 e. The van der Waals surface area contributed by atoms with Crippen molar-refractivity contribution in [2.24, 2.45) is 0 Å². The van der Waals surface area contributed by atoms with Gasteiger partial charge in [-0.3, -0.25) is 0 Å². The fourth-order valence-corrected chi connectivity index (χ4v) is 5.11. The van der Waals surface area contributed by atoms with Gasteiger partial charge in [0.25, 0.3) is 0 Å². The molecule has 0 saturated carbocycles. The van der Waals surface area contributed by atoms with Gasteiger partial charge in [-0.25, -0.2) is 0 Å². The predicted octanol–water partition coefficient (Wildman–Crippen LogP) is 9.24. The third-order valence-corrected chi connectivity index (χ3v) is 7.24. The molecule has 0 unspecified atom stereocenters. The molecule has 0 bridgehead atoms. The minimum Gasteiger partial charge on any atom is -0.0975 e. The van der Waals surface area contributed by atoms with Gasteiger partial charge >= 0.3 is 0 Å². The lowest BCUT2D eigenvalue weighted by Crippen LogP contribution is -1.90. The minimum atomic E-state index is 1.09. The number of rotatable bonds is 2. The van der Waals surface area contributed by atoms with Gasteiger partial charge in [0.05, 0.1) is 0 Å². The molecule has 0 N–H and O–H groups in total. The molecular weight excluding hydrogens is 392 g/mol. The first-order valence-electron chi connectivity index (χ1n) is 10.9. The van der Waals surface area contributed by atoms with Crippen LogP contribution in [0.25, 0.3) is 32.0 Å². The van der Waals surface area contributed by atoms with Gasteiger partial charge in [-0.05, 0) is 88.6 Å². The summed E-state index contributed by atoms with van der Waals surface area (Å²) >= 11 is 1.85. The highest BCUT2D eigenvalue weighted by Gasteiger charge is 2.12. The van der Waals surface area contributed by atoms with Gasteiger partial charge in [0.2, 0.25) is 0 Å². The van der Waals surface area contributed by atoms with Gasteiger partial charge in [0.15, 0.2) is 0 Å². The third kappa shape index (κ3) is 4.24. The van der Waals surface area contributed by atoms with Crippen molar-refractivity contribution in [1.29, 1.82) is 0 Å². The maximum Gasteiger partial charge on any atom is 0.0195 e. The molecule has 0 aliphatic carbocycles. The van der Waals surface area contributed by atoms with Crippen molar-refractivity contribution in [3.8, 4) is 0 Å². The van der Waals surface area contributed by atoms with Crippen LogP contribution >= 0.6 is 11.8 Å². The van der Waals surface area contributed by atoms with Gasteiger partial charge in [-0.1, -0.05) is 95.7 Å². The minimum absolute atomic E-state index is 1.09. The van der Waals surface area contributed by atoms with E-state index in [2.05, 4.69) is 110 Å². The molecule has 1 aliphatic rings. The van der Waals surface area contributed by atoms with E-state index in [0.29, 0.717) is 0 Å². The average Bonchev–Trinajstić information content (AvgIpc) is 2.88. The molecule has 1 heteroatoms. The first-order valence-corrected chi connectivity index (χ1v) is 11.8. The van der Waals surface area contributed by atoms with Crippen LogP contribution in [0.2, 0.25) is 0 Å². The van der Waals surface area contributed by atoms with Crippen LogP contribution < -0.4 is 0 Å². The van der Waals surface area contributed by atoms with E-state index in [0.717, 1.165) is 12.8 Å². The lowest BCUT2D eigenvalue weighted by Gasteiger charge is -2.13. The van der Waals surface area contributed by atoms with Crippen molar-refractivity contribution >= 4 is 43.8 Å². The zero-order chi connectivity index (χ0) is 21.2. The summed E-state index contributed by atoms with van der Waals surface area (Å²) in [6.45, 7) is 4.54. The maximum absolute atomic E-state index is 2.41. The summed E-state index contributed by atoms with van der Waals surface area (Å²) in [6, 6.07) is 30.9. The van der Waals surface area contributed by atoms with E-state index >= 15 is 0 Å². The Morgan fingerprint density at radius 1 is 0.613 bits per heavy atom. The molecule has 5 rings (SSSR count). The first-order chi connectivity index (χ1) is 15.2. The molecule has 4 aromatic rings. The number of thioether (sulfide) groups is 1. The van der Waals surface area contributed by atoms with Gasteiger partial charge < -0.3 is 0 Å². The van der Waals surface area contributed by atoms with Gasteiger partial charge in [-0.15, -0.1) is 0 Å². The average molecular weight is 419 g/mol. The summed E-state index contributed by atoms with van der Waals surface area (Å²) in [5.74, 6) is 0. The van der Waals surface area contributed by atoms with E-state index < -0.39 is 0 Å². The molecule has 0 radical (unpaired) electrons. The number of fused-ring (bicyclic) bond motifs is 2. The Hall–Kier alpha value is -3.03. The zero-order valence-corrected chi connectivity index (χ0v) is 18.9. The number of hydrogen-bond donors (Lipinski definition) is 0. The molecule has 0 amide bonds. The van der Waals surface area contributed by atoms with Crippen molar-refractivity contribution in [3.63, 3.8) is 0 Å². The molecule has 0 fully saturated rings. The highest BCUT2D eigenvalue weighted by molar-refractivity contribution is 8.11. The Morgan fingerprint density at radius 3 is 1.87 bits per heavy atom. The van der Waals surface area contributed by atoms with Crippen LogP contribution in [-0.4, -0.2) is 0 Å². The lowest BCUT2D eigenvalue weighted by atomic mass is 9.94. The standard InChI is InChI=1S/C30H26S/c1-21-11-12-22(2)29(27-15-13-23-7-3-5-9-25(23)17-27)19-30(31-20-21)28-16-14-24-8-4-6-10-26(24)18-28/h3-10,13-20H,11-12H2,1-2H3/b21-20+,29-22-,30-19-. The second-order valence-electron chi connectivity index (χ2n) is 8.41. The lowest BCUT2D eigenvalue weighted by molar-refractivity contribution is 0.930. The van der Waals surface area contributed by atoms with Crippen LogP contribution in [-0.2, 0) is 0 Å². The fraction of sp³-hybridized carbons (Fsp3) is 0.133. The number of hydrogen-bond acceptors (Lipinski definition) is 1. The van der Waals surface area contributed by atoms with Crippen molar-refractivity contribution in [2.45, 2.75) is 26.7 Å². The quantitative estimate of drug-likeness (QED) is 0.312. The van der Waals surface area contributed by atoms with Crippen molar-refractivity contribution < 1.29 is 0 Å². The van der Waals surface area contributed by atoms with Crippen LogP contribution in [0.1, 0.15) is 37.8 Å². The van der Waals surface area contributed by atoms with E-state index in [1.54, 1.807) is 0 Å². The molecule has 31 heavy (non-hydrogen) atoms. The molecule has 0 nitrogen and oxygen atoms in total. The Bertz CT molecular complexity index is 1370. The van der Waals surface area contributed by atoms with Crippen molar-refractivity contribution in [1.82, 2.24) is 0 Å². The van der Waals surface area contributed by atoms with Gasteiger partial charge in [-0.2, -0.15) is 0 Å². The first kappa shape index (κ1) is 19.9. The predicted molar refractivity (Wildman–Crippen MR) is 139 cm³/mol. The monoisotopic (exact) mass is 418 g/mol. The normalized spacial score (nSPS) is 21.0. The molecule has 4 aromatic carbocycles. The fourth-order valence-electron chi connectivity index (χ4n) is 4.21. The Kier molecular flexibility index (Phi) is 5.53. The topological polar surface area (TPSA) is 0 Å². The van der Waals surface area contributed by atoms with E-state index in [4.69, 9.17) is 0 Å². The van der Waals surface area contributed by atoms with Crippen LogP contribution in [0.15, 0.2) is 108 Å². The molecule has 0 saturated heterocycles. The second kappa shape index (κ2) is 8.61. The molecular formula is C30H26S. The molecule has 152 valence electrons. The molecule has 1 heterocycles. The van der Waals surface area contributed by atoms with Gasteiger partial charge in [0.1, 0.15) is 0 Å². The summed E-state index contributed by atoms with van der Waals surface area (Å²) in [5.41, 5.74) is 6.82. The van der Waals surface area contributed by atoms with Gasteiger partial charge in [0, 0.05) is 4.91 Å². The Labute approximate surface area is 189 Å². The Morgan fingerprint density at radius 2 is 1.19 bits per heavy atom. The summed E-state index contributed by atoms with van der Waals surface area (Å²) in [7, 11) is 0. The molecule has 0 atom stereocenters. The second-order valence-corrected chi connectivity index (χ2v) is 9.32. The summed E-state index contributed by atoms with van der Waals surface area (Å²) < 4.78 is 0. The maximum atomic E-state index is 2.41. The summed E-state index contributed by atoms with van der Waals surface area (Å²) in [5, 5.41) is 7.49. The summed E-state index contributed by atoms with van der Waals surface area (Å²) in [4.78, 5) is 1.30. The molecule has 0 aromatic heterocycles. The van der Waals surface area contributed by atoms with E-state index in [1.165, 1.54) is 54.3 Å². The highest BCUT2D eigenvalue weighted by atomic mass is 32.2. The molecule has 0 spiro atoms. The van der Waals surface area contributed by atoms with Crippen LogP contribution in [0, 0.1) is 0 Å². The van der Waals surface area contributed by atoms with Crippen LogP contribution in [0.4, 0.5) is 0 Å². The molecule has 1 aliphatic heterocycles. The van der Waals surface area contributed by atoms with Crippen LogP contribution in [0.5, 0.6) is 0 Å². The van der Waals surface area contributed by atoms with E-state index in [9.17, 15) is 0 Å². The van der Waals surface area contributed by atoms with Crippen LogP contribution in [0.3, 0.4) is 0 Å². The number of benzene rings is 4.